The molecule has 14 nitrogen and oxygen atoms in total. The van der Waals surface area contributed by atoms with E-state index in [1.54, 1.807) is 83.1 Å². The van der Waals surface area contributed by atoms with Crippen molar-refractivity contribution in [3.05, 3.63) is 105 Å². The summed E-state index contributed by atoms with van der Waals surface area (Å²) in [6.45, 7) is 23.4. The average molecular weight is 1020 g/mol. The van der Waals surface area contributed by atoms with Crippen LogP contribution in [0.1, 0.15) is 126 Å². The fourth-order valence-corrected chi connectivity index (χ4v) is 6.49. The quantitative estimate of drug-likeness (QED) is 0.0661. The molecule has 5 aromatic rings. The Morgan fingerprint density at radius 1 is 0.576 bits per heavy atom. The molecular weight excluding hydrogens is 951 g/mol. The maximum atomic E-state index is 13.2. The molecule has 3 aromatic carbocycles. The molecule has 2 N–H and O–H groups in total. The third-order valence-corrected chi connectivity index (χ3v) is 9.23. The highest BCUT2D eigenvalue weighted by molar-refractivity contribution is 14.1. The van der Waals surface area contributed by atoms with Crippen molar-refractivity contribution in [3.63, 3.8) is 0 Å². The molecule has 0 spiro atoms. The van der Waals surface area contributed by atoms with Crippen LogP contribution < -0.4 is 10.6 Å². The van der Waals surface area contributed by atoms with E-state index in [1.807, 2.05) is 60.7 Å². The van der Waals surface area contributed by atoms with Crippen molar-refractivity contribution in [2.75, 3.05) is 10.6 Å². The third kappa shape index (κ3) is 17.3. The monoisotopic (exact) mass is 1010 g/mol. The molecule has 2 amide bonds. The predicted molar refractivity (Wildman–Crippen MR) is 267 cm³/mol. The normalized spacial score (nSPS) is 11.5. The molecular formula is C51H63IN6O8. The van der Waals surface area contributed by atoms with Gasteiger partial charge in [-0.05, 0) is 160 Å². The Balaban J connectivity index is 0.000000309. The minimum Gasteiger partial charge on any atom is -0.444 e. The van der Waals surface area contributed by atoms with Crippen molar-refractivity contribution in [1.29, 1.82) is 0 Å². The average Bonchev–Trinajstić information content (AvgIpc) is 3.80. The predicted octanol–water partition coefficient (Wildman–Crippen LogP) is 13.1. The highest BCUT2D eigenvalue weighted by Crippen LogP contribution is 2.28. The number of benzene rings is 3. The Hall–Kier alpha value is -6.15. The van der Waals surface area contributed by atoms with Gasteiger partial charge in [-0.25, -0.2) is 38.3 Å². The number of halogens is 1. The van der Waals surface area contributed by atoms with Crippen LogP contribution in [0.5, 0.6) is 0 Å². The summed E-state index contributed by atoms with van der Waals surface area (Å²) in [5.41, 5.74) is 2.63. The molecule has 0 radical (unpaired) electrons. The Labute approximate surface area is 402 Å². The number of hydrogen-bond acceptors (Lipinski definition) is 10. The van der Waals surface area contributed by atoms with Crippen LogP contribution in [0.4, 0.5) is 31.1 Å². The number of rotatable bonds is 8. The second-order valence-corrected chi connectivity index (χ2v) is 20.6. The first-order chi connectivity index (χ1) is 30.7. The maximum absolute atomic E-state index is 13.2. The lowest BCUT2D eigenvalue weighted by molar-refractivity contribution is 0.0526. The van der Waals surface area contributed by atoms with E-state index < -0.39 is 46.8 Å². The third-order valence-electron chi connectivity index (χ3n) is 8.55. The highest BCUT2D eigenvalue weighted by Gasteiger charge is 2.28. The lowest BCUT2D eigenvalue weighted by Crippen LogP contribution is -2.31. The first-order valence-corrected chi connectivity index (χ1v) is 22.9. The molecule has 0 aliphatic carbocycles. The van der Waals surface area contributed by atoms with Gasteiger partial charge in [-0.2, -0.15) is 0 Å². The standard InChI is InChI=1S/C32H39N3O4.C19H24IN3O4/c1-8-9-10-12-23-15-17-24(18-16-23)19-20-25-13-11-14-26(21-25)27-22-33-28(34-29(36)38-31(2,3)4)35(27)30(37)39-32(5,6)7;1-18(2,3)26-16(24)22-15-21-11-14(12-8-7-9-13(20)10-12)23(15)17(25)27-19(4,5)6/h11,13-18,21-22H,8-10,12H2,1-7H3,(H,33,34,36);7-11H,1-6H3,(H,21,22,24). The minimum atomic E-state index is -0.749. The van der Waals surface area contributed by atoms with Crippen LogP contribution in [0.3, 0.4) is 0 Å². The summed E-state index contributed by atoms with van der Waals surface area (Å²) in [5.74, 6) is 6.47. The molecule has 0 saturated heterocycles. The van der Waals surface area contributed by atoms with Gasteiger partial charge in [0.1, 0.15) is 22.4 Å². The molecule has 2 aromatic heterocycles. The van der Waals surface area contributed by atoms with E-state index in [9.17, 15) is 19.2 Å². The van der Waals surface area contributed by atoms with Crippen molar-refractivity contribution in [2.24, 2.45) is 0 Å². The van der Waals surface area contributed by atoms with Crippen LogP contribution in [0.25, 0.3) is 22.5 Å². The topological polar surface area (TPSA) is 165 Å². The van der Waals surface area contributed by atoms with E-state index in [0.29, 0.717) is 17.0 Å². The van der Waals surface area contributed by atoms with Gasteiger partial charge in [-0.1, -0.05) is 68.0 Å². The van der Waals surface area contributed by atoms with Crippen molar-refractivity contribution >= 4 is 58.9 Å². The number of ether oxygens (including phenoxy) is 4. The van der Waals surface area contributed by atoms with Gasteiger partial charge < -0.3 is 18.9 Å². The highest BCUT2D eigenvalue weighted by atomic mass is 127. The summed E-state index contributed by atoms with van der Waals surface area (Å²) in [6.07, 6.45) is 5.03. The van der Waals surface area contributed by atoms with Gasteiger partial charge in [-0.15, -0.1) is 0 Å². The number of carbonyl (C=O) groups excluding carboxylic acids is 4. The molecule has 0 aliphatic rings. The SMILES string of the molecule is CC(C)(C)OC(=O)Nc1ncc(-c2cccc(I)c2)n1C(=O)OC(C)(C)C.CCCCCc1ccc(C#Cc2cccc(-c3cnc(NC(=O)OC(C)(C)C)n3C(=O)OC(C)(C)C)c2)cc1. The molecule has 0 fully saturated rings. The maximum Gasteiger partial charge on any atom is 0.421 e. The van der Waals surface area contributed by atoms with Gasteiger partial charge in [-0.3, -0.25) is 10.6 Å². The summed E-state index contributed by atoms with van der Waals surface area (Å²) < 4.78 is 25.2. The van der Waals surface area contributed by atoms with Crippen LogP contribution in [-0.4, -0.2) is 65.9 Å². The molecule has 0 saturated carbocycles. The van der Waals surface area contributed by atoms with E-state index >= 15 is 0 Å². The van der Waals surface area contributed by atoms with Crippen molar-refractivity contribution in [1.82, 2.24) is 19.1 Å². The second-order valence-electron chi connectivity index (χ2n) is 19.3. The van der Waals surface area contributed by atoms with Crippen LogP contribution >= 0.6 is 22.6 Å². The van der Waals surface area contributed by atoms with E-state index in [1.165, 1.54) is 46.4 Å². The Bertz CT molecular complexity index is 2540. The van der Waals surface area contributed by atoms with Gasteiger partial charge in [0.2, 0.25) is 11.9 Å². The summed E-state index contributed by atoms with van der Waals surface area (Å²) in [6, 6.07) is 23.5. The fourth-order valence-electron chi connectivity index (χ4n) is 5.94. The number of anilines is 2. The summed E-state index contributed by atoms with van der Waals surface area (Å²) >= 11 is 2.19. The van der Waals surface area contributed by atoms with E-state index in [-0.39, 0.29) is 11.9 Å². The number of unbranched alkanes of at least 4 members (excludes halogenated alkanes) is 2. The Kier molecular flexibility index (Phi) is 17.8. The molecule has 0 bridgehead atoms. The molecule has 5 rings (SSSR count). The number of aromatic nitrogens is 4. The van der Waals surface area contributed by atoms with Crippen molar-refractivity contribution in [3.8, 4) is 34.4 Å². The minimum absolute atomic E-state index is 0.00372. The lowest BCUT2D eigenvalue weighted by atomic mass is 10.0. The van der Waals surface area contributed by atoms with Gasteiger partial charge in [0, 0.05) is 25.8 Å². The van der Waals surface area contributed by atoms with Gasteiger partial charge in [0.15, 0.2) is 0 Å². The van der Waals surface area contributed by atoms with Crippen LogP contribution in [0.2, 0.25) is 0 Å². The number of nitrogens with zero attached hydrogens (tertiary/aromatic N) is 4. The van der Waals surface area contributed by atoms with Crippen LogP contribution in [0.15, 0.2) is 85.2 Å². The number of aryl methyl sites for hydroxylation is 1. The molecule has 352 valence electrons. The second kappa shape index (κ2) is 22.4. The van der Waals surface area contributed by atoms with Crippen LogP contribution in [-0.2, 0) is 25.4 Å². The van der Waals surface area contributed by atoms with Crippen molar-refractivity contribution < 1.29 is 38.1 Å². The summed E-state index contributed by atoms with van der Waals surface area (Å²) in [5, 5.41) is 5.09. The molecule has 0 atom stereocenters. The molecule has 15 heteroatoms. The number of amides is 2. The van der Waals surface area contributed by atoms with E-state index in [4.69, 9.17) is 18.9 Å². The first kappa shape index (κ1) is 52.5. The molecule has 66 heavy (non-hydrogen) atoms. The Morgan fingerprint density at radius 3 is 1.45 bits per heavy atom. The molecule has 0 unspecified atom stereocenters. The summed E-state index contributed by atoms with van der Waals surface area (Å²) in [7, 11) is 0. The number of imidazole rings is 2. The number of hydrogen-bond donors (Lipinski definition) is 2. The fraction of sp³-hybridized carbons (Fsp3) is 0.412. The van der Waals surface area contributed by atoms with Crippen molar-refractivity contribution in [2.45, 2.75) is 138 Å². The lowest BCUT2D eigenvalue weighted by Gasteiger charge is -2.22. The van der Waals surface area contributed by atoms with Gasteiger partial charge in [0.05, 0.1) is 23.8 Å². The Morgan fingerprint density at radius 2 is 1.02 bits per heavy atom. The van der Waals surface area contributed by atoms with Gasteiger partial charge >= 0.3 is 24.4 Å². The zero-order valence-corrected chi connectivity index (χ0v) is 42.5. The zero-order chi connectivity index (χ0) is 49.0. The van der Waals surface area contributed by atoms with E-state index in [0.717, 1.165) is 26.7 Å². The smallest absolute Gasteiger partial charge is 0.421 e. The number of carbonyl (C=O) groups is 4. The number of nitrogens with one attached hydrogen (secondary N) is 2. The zero-order valence-electron chi connectivity index (χ0n) is 40.3. The van der Waals surface area contributed by atoms with Gasteiger partial charge in [0.25, 0.3) is 0 Å². The molecule has 0 aliphatic heterocycles. The van der Waals surface area contributed by atoms with E-state index in [2.05, 4.69) is 74.1 Å². The van der Waals surface area contributed by atoms with Crippen LogP contribution in [0, 0.1) is 15.4 Å². The summed E-state index contributed by atoms with van der Waals surface area (Å²) in [4.78, 5) is 59.0. The first-order valence-electron chi connectivity index (χ1n) is 21.8. The molecule has 2 heterocycles. The largest absolute Gasteiger partial charge is 0.444 e.